The molecule has 0 atom stereocenters. The molecule has 0 unspecified atom stereocenters. The number of carbonyl (C=O) groups is 1. The second kappa shape index (κ2) is 5.05. The average Bonchev–Trinajstić information content (AvgIpc) is 2.28. The minimum atomic E-state index is -4.70. The van der Waals surface area contributed by atoms with Crippen LogP contribution in [0.4, 0.5) is 13.2 Å². The number of hydrogen-bond donors (Lipinski definition) is 2. The molecule has 1 aromatic rings. The molecule has 1 aromatic heterocycles. The van der Waals surface area contributed by atoms with Crippen LogP contribution in [-0.2, 0) is 0 Å². The van der Waals surface area contributed by atoms with E-state index in [-0.39, 0.29) is 15.7 Å². The lowest BCUT2D eigenvalue weighted by Crippen LogP contribution is -2.62. The zero-order valence-corrected chi connectivity index (χ0v) is 11.4. The van der Waals surface area contributed by atoms with E-state index < -0.39 is 36.6 Å². The molecule has 20 heavy (non-hydrogen) atoms. The van der Waals surface area contributed by atoms with Crippen molar-refractivity contribution in [3.63, 3.8) is 0 Å². The van der Waals surface area contributed by atoms with Gasteiger partial charge in [-0.3, -0.25) is 4.79 Å². The third kappa shape index (κ3) is 2.84. The third-order valence-electron chi connectivity index (χ3n) is 3.10. The van der Waals surface area contributed by atoms with E-state index in [0.29, 0.717) is 0 Å². The molecule has 2 N–H and O–H groups in total. The van der Waals surface area contributed by atoms with E-state index in [1.807, 2.05) is 0 Å². The first kappa shape index (κ1) is 15.3. The van der Waals surface area contributed by atoms with E-state index >= 15 is 0 Å². The van der Waals surface area contributed by atoms with Crippen molar-refractivity contribution in [1.29, 1.82) is 0 Å². The molecular formula is C11H9Cl2F3N2O2. The number of pyridine rings is 1. The van der Waals surface area contributed by atoms with Gasteiger partial charge in [-0.05, 0) is 6.07 Å². The molecule has 2 rings (SSSR count). The summed E-state index contributed by atoms with van der Waals surface area (Å²) in [6.07, 6.45) is -4.70. The summed E-state index contributed by atoms with van der Waals surface area (Å²) in [5.41, 5.74) is -2.71. The first-order valence-corrected chi connectivity index (χ1v) is 6.29. The predicted octanol–water partition coefficient (Wildman–Crippen LogP) is 2.57. The smallest absolute Gasteiger partial charge is 0.380 e. The maximum atomic E-state index is 12.4. The van der Waals surface area contributed by atoms with Crippen molar-refractivity contribution in [2.75, 3.05) is 0 Å². The van der Waals surface area contributed by atoms with E-state index in [1.54, 1.807) is 0 Å². The van der Waals surface area contributed by atoms with Crippen LogP contribution in [-0.4, -0.2) is 33.8 Å². The molecule has 0 aromatic carbocycles. The standard InChI is InChI=1S/C11H9Cl2F3N2O2/c12-7-4-17-8(13)1-6(7)9(19)18-5-2-10(20,3-5)11(14,15)16/h1,4-5,20H,2-3H2,(H,18,19). The molecule has 1 aliphatic rings. The van der Waals surface area contributed by atoms with E-state index in [9.17, 15) is 23.1 Å². The highest BCUT2D eigenvalue weighted by Gasteiger charge is 2.61. The topological polar surface area (TPSA) is 62.2 Å². The van der Waals surface area contributed by atoms with Gasteiger partial charge in [0.1, 0.15) is 5.15 Å². The summed E-state index contributed by atoms with van der Waals surface area (Å²) in [7, 11) is 0. The fraction of sp³-hybridized carbons (Fsp3) is 0.455. The molecule has 1 amide bonds. The Bertz CT molecular complexity index is 545. The van der Waals surface area contributed by atoms with Crippen molar-refractivity contribution in [2.24, 2.45) is 0 Å². The molecule has 4 nitrogen and oxygen atoms in total. The number of nitrogens with one attached hydrogen (secondary N) is 1. The molecule has 110 valence electrons. The van der Waals surface area contributed by atoms with E-state index in [1.165, 1.54) is 12.3 Å². The number of rotatable bonds is 2. The van der Waals surface area contributed by atoms with Crippen molar-refractivity contribution < 1.29 is 23.1 Å². The van der Waals surface area contributed by atoms with E-state index in [2.05, 4.69) is 10.3 Å². The minimum absolute atomic E-state index is 0.0223. The van der Waals surface area contributed by atoms with Gasteiger partial charge < -0.3 is 10.4 Å². The molecule has 1 saturated carbocycles. The van der Waals surface area contributed by atoms with Gasteiger partial charge in [0.25, 0.3) is 5.91 Å². The SMILES string of the molecule is O=C(NC1CC(O)(C(F)(F)F)C1)c1cc(Cl)ncc1Cl. The predicted molar refractivity (Wildman–Crippen MR) is 65.8 cm³/mol. The number of nitrogens with zero attached hydrogens (tertiary/aromatic N) is 1. The summed E-state index contributed by atoms with van der Waals surface area (Å²) < 4.78 is 37.3. The van der Waals surface area contributed by atoms with Crippen LogP contribution in [0.5, 0.6) is 0 Å². The maximum absolute atomic E-state index is 12.4. The van der Waals surface area contributed by atoms with Crippen molar-refractivity contribution in [3.8, 4) is 0 Å². The highest BCUT2D eigenvalue weighted by molar-refractivity contribution is 6.35. The summed E-state index contributed by atoms with van der Waals surface area (Å²) in [4.78, 5) is 15.5. The molecule has 0 bridgehead atoms. The Labute approximate surface area is 121 Å². The molecule has 1 fully saturated rings. The number of aromatic nitrogens is 1. The lowest BCUT2D eigenvalue weighted by Gasteiger charge is -2.44. The highest BCUT2D eigenvalue weighted by Crippen LogP contribution is 2.45. The zero-order valence-electron chi connectivity index (χ0n) is 9.84. The molecule has 0 spiro atoms. The monoisotopic (exact) mass is 328 g/mol. The highest BCUT2D eigenvalue weighted by atomic mass is 35.5. The lowest BCUT2D eigenvalue weighted by atomic mass is 9.75. The molecular weight excluding hydrogens is 320 g/mol. The molecule has 0 radical (unpaired) electrons. The largest absolute Gasteiger partial charge is 0.417 e. The van der Waals surface area contributed by atoms with Gasteiger partial charge >= 0.3 is 6.18 Å². The van der Waals surface area contributed by atoms with Gasteiger partial charge in [-0.15, -0.1) is 0 Å². The first-order valence-electron chi connectivity index (χ1n) is 5.53. The normalized spacial score (nSPS) is 26.0. The summed E-state index contributed by atoms with van der Waals surface area (Å²) in [5.74, 6) is -0.659. The van der Waals surface area contributed by atoms with Crippen LogP contribution in [0.15, 0.2) is 12.3 Å². The fourth-order valence-electron chi connectivity index (χ4n) is 1.94. The Hall–Kier alpha value is -1.05. The second-order valence-corrected chi connectivity index (χ2v) is 5.39. The second-order valence-electron chi connectivity index (χ2n) is 4.59. The summed E-state index contributed by atoms with van der Waals surface area (Å²) >= 11 is 11.4. The molecule has 0 aliphatic heterocycles. The van der Waals surface area contributed by atoms with Crippen LogP contribution in [0.3, 0.4) is 0 Å². The van der Waals surface area contributed by atoms with Crippen LogP contribution in [0, 0.1) is 0 Å². The third-order valence-corrected chi connectivity index (χ3v) is 3.61. The summed E-state index contributed by atoms with van der Waals surface area (Å²) in [5, 5.41) is 11.7. The number of halogens is 5. The quantitative estimate of drug-likeness (QED) is 0.820. The Balaban J connectivity index is 2.00. The van der Waals surface area contributed by atoms with E-state index in [0.717, 1.165) is 0 Å². The molecule has 1 aliphatic carbocycles. The molecule has 1 heterocycles. The van der Waals surface area contributed by atoms with Gasteiger partial charge in [0.05, 0.1) is 10.6 Å². The Kier molecular flexibility index (Phi) is 3.88. The fourth-order valence-corrected chi connectivity index (χ4v) is 2.29. The van der Waals surface area contributed by atoms with Gasteiger partial charge in [0.15, 0.2) is 5.60 Å². The Morgan fingerprint density at radius 2 is 2.05 bits per heavy atom. The summed E-state index contributed by atoms with van der Waals surface area (Å²) in [6.45, 7) is 0. The summed E-state index contributed by atoms with van der Waals surface area (Å²) in [6, 6.07) is 0.450. The van der Waals surface area contributed by atoms with Crippen LogP contribution < -0.4 is 5.32 Å². The van der Waals surface area contributed by atoms with Crippen molar-refractivity contribution >= 4 is 29.1 Å². The average molecular weight is 329 g/mol. The number of carbonyl (C=O) groups excluding carboxylic acids is 1. The van der Waals surface area contributed by atoms with Crippen molar-refractivity contribution in [3.05, 3.63) is 28.0 Å². The lowest BCUT2D eigenvalue weighted by molar-refractivity contribution is -0.291. The van der Waals surface area contributed by atoms with Crippen molar-refractivity contribution in [2.45, 2.75) is 30.7 Å². The van der Waals surface area contributed by atoms with Crippen molar-refractivity contribution in [1.82, 2.24) is 10.3 Å². The van der Waals surface area contributed by atoms with Gasteiger partial charge in [0, 0.05) is 25.1 Å². The maximum Gasteiger partial charge on any atom is 0.417 e. The Morgan fingerprint density at radius 1 is 1.45 bits per heavy atom. The van der Waals surface area contributed by atoms with Crippen LogP contribution in [0.2, 0.25) is 10.2 Å². The zero-order chi connectivity index (χ0) is 15.1. The van der Waals surface area contributed by atoms with Crippen LogP contribution >= 0.6 is 23.2 Å². The number of amides is 1. The first-order chi connectivity index (χ1) is 9.12. The van der Waals surface area contributed by atoms with Gasteiger partial charge in [0.2, 0.25) is 0 Å². The van der Waals surface area contributed by atoms with E-state index in [4.69, 9.17) is 23.2 Å². The number of hydrogen-bond acceptors (Lipinski definition) is 3. The van der Waals surface area contributed by atoms with Gasteiger partial charge in [-0.25, -0.2) is 4.98 Å². The minimum Gasteiger partial charge on any atom is -0.380 e. The van der Waals surface area contributed by atoms with Crippen LogP contribution in [0.1, 0.15) is 23.2 Å². The number of alkyl halides is 3. The van der Waals surface area contributed by atoms with Gasteiger partial charge in [-0.1, -0.05) is 23.2 Å². The van der Waals surface area contributed by atoms with Gasteiger partial charge in [-0.2, -0.15) is 13.2 Å². The molecule has 0 saturated heterocycles. The Morgan fingerprint density at radius 3 is 2.60 bits per heavy atom. The number of aliphatic hydroxyl groups is 1. The molecule has 9 heteroatoms. The van der Waals surface area contributed by atoms with Crippen LogP contribution in [0.25, 0.3) is 0 Å².